The predicted octanol–water partition coefficient (Wildman–Crippen LogP) is 3.32. The number of ether oxygens (including phenoxy) is 2. The minimum Gasteiger partial charge on any atom is -0.463 e. The molecule has 0 saturated heterocycles. The number of esters is 1. The molecule has 0 fully saturated rings. The Balaban J connectivity index is 2.27. The first-order valence-electron chi connectivity index (χ1n) is 5.81. The Kier molecular flexibility index (Phi) is 7.14. The quantitative estimate of drug-likeness (QED) is 0.432. The van der Waals surface area contributed by atoms with Crippen molar-refractivity contribution in [1.29, 1.82) is 0 Å². The minimum absolute atomic E-state index is 0.340. The first-order chi connectivity index (χ1) is 8.72. The van der Waals surface area contributed by atoms with Crippen molar-refractivity contribution in [1.82, 2.24) is 0 Å². The van der Waals surface area contributed by atoms with Crippen molar-refractivity contribution in [3.8, 4) is 0 Å². The van der Waals surface area contributed by atoms with Crippen LogP contribution in [0.5, 0.6) is 0 Å². The lowest BCUT2D eigenvalue weighted by atomic mass is 10.2. The van der Waals surface area contributed by atoms with Gasteiger partial charge in [0.25, 0.3) is 0 Å². The van der Waals surface area contributed by atoms with Crippen molar-refractivity contribution in [3.05, 3.63) is 40.9 Å². The van der Waals surface area contributed by atoms with Crippen LogP contribution in [0.4, 0.5) is 0 Å². The summed E-state index contributed by atoms with van der Waals surface area (Å²) >= 11 is 5.83. The van der Waals surface area contributed by atoms with Crippen LogP contribution >= 0.6 is 11.6 Å². The summed E-state index contributed by atoms with van der Waals surface area (Å²) in [5.41, 5.74) is 0.874. The zero-order chi connectivity index (χ0) is 13.2. The van der Waals surface area contributed by atoms with Gasteiger partial charge < -0.3 is 9.47 Å². The van der Waals surface area contributed by atoms with E-state index in [0.717, 1.165) is 18.4 Å². The van der Waals surface area contributed by atoms with E-state index in [2.05, 4.69) is 0 Å². The summed E-state index contributed by atoms with van der Waals surface area (Å²) in [6, 6.07) is 7.27. The van der Waals surface area contributed by atoms with Gasteiger partial charge in [0.2, 0.25) is 0 Å². The average Bonchev–Trinajstić information content (AvgIpc) is 2.36. The van der Waals surface area contributed by atoms with Crippen LogP contribution in [-0.4, -0.2) is 26.3 Å². The van der Waals surface area contributed by atoms with Crippen molar-refractivity contribution in [3.63, 3.8) is 0 Å². The number of unbranched alkanes of at least 4 members (excludes halogenated alkanes) is 1. The lowest BCUT2D eigenvalue weighted by Gasteiger charge is -2.01. The van der Waals surface area contributed by atoms with Gasteiger partial charge in [-0.1, -0.05) is 23.7 Å². The number of benzene rings is 1. The highest BCUT2D eigenvalue weighted by atomic mass is 35.5. The molecule has 0 spiro atoms. The summed E-state index contributed by atoms with van der Waals surface area (Å²) in [7, 11) is 1.65. The summed E-state index contributed by atoms with van der Waals surface area (Å²) in [5, 5.41) is 0.644. The number of hydrogen-bond donors (Lipinski definition) is 0. The third kappa shape index (κ3) is 6.42. The van der Waals surface area contributed by atoms with Crippen LogP contribution in [0.3, 0.4) is 0 Å². The Morgan fingerprint density at radius 2 is 2.11 bits per heavy atom. The maximum Gasteiger partial charge on any atom is 0.330 e. The molecule has 0 bridgehead atoms. The smallest absolute Gasteiger partial charge is 0.330 e. The van der Waals surface area contributed by atoms with Gasteiger partial charge in [-0.15, -0.1) is 0 Å². The van der Waals surface area contributed by atoms with Gasteiger partial charge in [-0.2, -0.15) is 0 Å². The molecular weight excluding hydrogens is 252 g/mol. The van der Waals surface area contributed by atoms with E-state index in [1.807, 2.05) is 12.1 Å². The molecule has 18 heavy (non-hydrogen) atoms. The zero-order valence-corrected chi connectivity index (χ0v) is 11.2. The van der Waals surface area contributed by atoms with Crippen molar-refractivity contribution >= 4 is 23.6 Å². The van der Waals surface area contributed by atoms with E-state index in [4.69, 9.17) is 21.1 Å². The Morgan fingerprint density at radius 3 is 2.83 bits per heavy atom. The predicted molar refractivity (Wildman–Crippen MR) is 72.6 cm³/mol. The molecular formula is C14H17ClO3. The fourth-order valence-corrected chi connectivity index (χ4v) is 1.54. The van der Waals surface area contributed by atoms with Gasteiger partial charge in [0.15, 0.2) is 0 Å². The van der Waals surface area contributed by atoms with Crippen LogP contribution < -0.4 is 0 Å². The van der Waals surface area contributed by atoms with E-state index >= 15 is 0 Å². The maximum atomic E-state index is 11.4. The first-order valence-corrected chi connectivity index (χ1v) is 6.19. The summed E-state index contributed by atoms with van der Waals surface area (Å²) in [5.74, 6) is -0.340. The molecule has 0 unspecified atom stereocenters. The van der Waals surface area contributed by atoms with E-state index in [-0.39, 0.29) is 5.97 Å². The van der Waals surface area contributed by atoms with Crippen LogP contribution in [0.15, 0.2) is 30.3 Å². The normalized spacial score (nSPS) is 10.8. The number of carbonyl (C=O) groups is 1. The number of halogens is 1. The highest BCUT2D eigenvalue weighted by Crippen LogP contribution is 2.11. The third-order valence-electron chi connectivity index (χ3n) is 2.25. The zero-order valence-electron chi connectivity index (χ0n) is 10.4. The fourth-order valence-electron chi connectivity index (χ4n) is 1.34. The number of carbonyl (C=O) groups excluding carboxylic acids is 1. The van der Waals surface area contributed by atoms with Crippen LogP contribution in [0, 0.1) is 0 Å². The van der Waals surface area contributed by atoms with Gasteiger partial charge in [0.1, 0.15) is 0 Å². The molecule has 0 amide bonds. The second-order valence-corrected chi connectivity index (χ2v) is 4.19. The lowest BCUT2D eigenvalue weighted by Crippen LogP contribution is -2.03. The van der Waals surface area contributed by atoms with Gasteiger partial charge in [-0.05, 0) is 36.6 Å². The standard InChI is InChI=1S/C14H17ClO3/c1-17-9-2-3-10-18-14(16)8-7-12-5-4-6-13(15)11-12/h4-8,11H,2-3,9-10H2,1H3. The summed E-state index contributed by atoms with van der Waals surface area (Å²) in [6.45, 7) is 1.11. The van der Waals surface area contributed by atoms with Gasteiger partial charge in [0.05, 0.1) is 6.61 Å². The molecule has 0 saturated carbocycles. The van der Waals surface area contributed by atoms with E-state index in [1.165, 1.54) is 6.08 Å². The van der Waals surface area contributed by atoms with Crippen LogP contribution in [0.25, 0.3) is 6.08 Å². The van der Waals surface area contributed by atoms with E-state index in [9.17, 15) is 4.79 Å². The molecule has 4 heteroatoms. The average molecular weight is 269 g/mol. The third-order valence-corrected chi connectivity index (χ3v) is 2.48. The SMILES string of the molecule is COCCCCOC(=O)C=Cc1cccc(Cl)c1. The molecule has 0 heterocycles. The second-order valence-electron chi connectivity index (χ2n) is 3.76. The maximum absolute atomic E-state index is 11.4. The van der Waals surface area contributed by atoms with Gasteiger partial charge in [-0.3, -0.25) is 0 Å². The topological polar surface area (TPSA) is 35.5 Å². The number of hydrogen-bond acceptors (Lipinski definition) is 3. The molecule has 0 aliphatic heterocycles. The molecule has 1 rings (SSSR count). The van der Waals surface area contributed by atoms with Crippen molar-refractivity contribution in [2.45, 2.75) is 12.8 Å². The van der Waals surface area contributed by atoms with E-state index < -0.39 is 0 Å². The Hall–Kier alpha value is -1.32. The van der Waals surface area contributed by atoms with E-state index in [0.29, 0.717) is 18.2 Å². The van der Waals surface area contributed by atoms with Crippen molar-refractivity contribution in [2.24, 2.45) is 0 Å². The number of methoxy groups -OCH3 is 1. The summed E-state index contributed by atoms with van der Waals surface area (Å²) in [6.07, 6.45) is 4.79. The summed E-state index contributed by atoms with van der Waals surface area (Å²) < 4.78 is 9.92. The van der Waals surface area contributed by atoms with Crippen LogP contribution in [0.2, 0.25) is 5.02 Å². The molecule has 1 aromatic rings. The first kappa shape index (κ1) is 14.7. The Bertz CT molecular complexity index is 402. The summed E-state index contributed by atoms with van der Waals surface area (Å²) in [4.78, 5) is 11.4. The molecule has 0 N–H and O–H groups in total. The molecule has 1 aromatic carbocycles. The van der Waals surface area contributed by atoms with Crippen molar-refractivity contribution in [2.75, 3.05) is 20.3 Å². The lowest BCUT2D eigenvalue weighted by molar-refractivity contribution is -0.137. The van der Waals surface area contributed by atoms with Crippen LogP contribution in [-0.2, 0) is 14.3 Å². The Labute approximate surface area is 112 Å². The Morgan fingerprint density at radius 1 is 1.33 bits per heavy atom. The van der Waals surface area contributed by atoms with Gasteiger partial charge in [0, 0.05) is 24.8 Å². The number of rotatable bonds is 7. The van der Waals surface area contributed by atoms with E-state index in [1.54, 1.807) is 25.3 Å². The van der Waals surface area contributed by atoms with Crippen molar-refractivity contribution < 1.29 is 14.3 Å². The fraction of sp³-hybridized carbons (Fsp3) is 0.357. The molecule has 0 aliphatic rings. The second kappa shape index (κ2) is 8.72. The molecule has 0 atom stereocenters. The molecule has 98 valence electrons. The molecule has 0 aromatic heterocycles. The molecule has 0 aliphatic carbocycles. The highest BCUT2D eigenvalue weighted by Gasteiger charge is 1.97. The monoisotopic (exact) mass is 268 g/mol. The van der Waals surface area contributed by atoms with Crippen LogP contribution in [0.1, 0.15) is 18.4 Å². The highest BCUT2D eigenvalue weighted by molar-refractivity contribution is 6.30. The van der Waals surface area contributed by atoms with Gasteiger partial charge in [-0.25, -0.2) is 4.79 Å². The van der Waals surface area contributed by atoms with Gasteiger partial charge >= 0.3 is 5.97 Å². The molecule has 3 nitrogen and oxygen atoms in total. The largest absolute Gasteiger partial charge is 0.463 e. The minimum atomic E-state index is -0.340. The molecule has 0 radical (unpaired) electrons.